The summed E-state index contributed by atoms with van der Waals surface area (Å²) in [4.78, 5) is 14.9. The van der Waals surface area contributed by atoms with Crippen molar-refractivity contribution >= 4 is 30.7 Å². The first kappa shape index (κ1) is 25.4. The quantitative estimate of drug-likeness (QED) is 0.704. The zero-order valence-corrected chi connectivity index (χ0v) is 18.9. The maximum Gasteiger partial charge on any atom is 0.241 e. The fourth-order valence-electron chi connectivity index (χ4n) is 3.54. The van der Waals surface area contributed by atoms with Crippen molar-refractivity contribution in [3.63, 3.8) is 0 Å². The molecule has 0 saturated carbocycles. The monoisotopic (exact) mass is 437 g/mol. The molecule has 1 aliphatic rings. The van der Waals surface area contributed by atoms with Crippen LogP contribution < -0.4 is 11.1 Å². The van der Waals surface area contributed by atoms with Crippen molar-refractivity contribution < 1.29 is 4.79 Å². The lowest BCUT2D eigenvalue weighted by molar-refractivity contribution is -0.122. The largest absolute Gasteiger partial charge is 0.350 e. The molecule has 160 valence electrons. The van der Waals surface area contributed by atoms with E-state index in [9.17, 15) is 4.79 Å². The van der Waals surface area contributed by atoms with Crippen molar-refractivity contribution in [3.05, 3.63) is 70.8 Å². The molecule has 0 aliphatic carbocycles. The Kier molecular flexibility index (Phi) is 10.7. The highest BCUT2D eigenvalue weighted by atomic mass is 35.5. The second-order valence-corrected chi connectivity index (χ2v) is 7.88. The van der Waals surface area contributed by atoms with E-state index in [0.29, 0.717) is 6.54 Å². The third-order valence-electron chi connectivity index (χ3n) is 5.46. The normalized spacial score (nSPS) is 15.7. The molecular weight excluding hydrogens is 405 g/mol. The molecule has 4 nitrogen and oxygen atoms in total. The lowest BCUT2D eigenvalue weighted by atomic mass is 9.98. The molecule has 0 radical (unpaired) electrons. The van der Waals surface area contributed by atoms with E-state index in [-0.39, 0.29) is 30.7 Å². The Morgan fingerprint density at radius 3 is 2.38 bits per heavy atom. The van der Waals surface area contributed by atoms with Crippen molar-refractivity contribution in [1.82, 2.24) is 10.2 Å². The topological polar surface area (TPSA) is 58.4 Å². The number of amides is 1. The average molecular weight is 438 g/mol. The molecule has 1 unspecified atom stereocenters. The van der Waals surface area contributed by atoms with Crippen molar-refractivity contribution in [3.8, 4) is 0 Å². The number of nitrogens with one attached hydrogen (secondary N) is 1. The Balaban J connectivity index is 0.00000210. The Bertz CT molecular complexity index is 759. The fourth-order valence-corrected chi connectivity index (χ4v) is 3.54. The van der Waals surface area contributed by atoms with Crippen molar-refractivity contribution in [2.24, 2.45) is 11.7 Å². The molecule has 1 aliphatic heterocycles. The van der Waals surface area contributed by atoms with E-state index < -0.39 is 6.04 Å². The van der Waals surface area contributed by atoms with E-state index in [1.165, 1.54) is 31.5 Å². The highest BCUT2D eigenvalue weighted by Gasteiger charge is 2.17. The number of piperidine rings is 1. The molecule has 2 aromatic rings. The Morgan fingerprint density at radius 2 is 1.72 bits per heavy atom. The summed E-state index contributed by atoms with van der Waals surface area (Å²) in [6.45, 7) is 8.19. The highest BCUT2D eigenvalue weighted by Crippen LogP contribution is 2.18. The van der Waals surface area contributed by atoms with Gasteiger partial charge in [-0.1, -0.05) is 61.0 Å². The van der Waals surface area contributed by atoms with Gasteiger partial charge in [0.25, 0.3) is 0 Å². The number of nitrogens with two attached hydrogens (primary N) is 1. The van der Waals surface area contributed by atoms with Gasteiger partial charge < -0.3 is 11.1 Å². The van der Waals surface area contributed by atoms with Gasteiger partial charge in [-0.05, 0) is 55.5 Å². The van der Waals surface area contributed by atoms with Gasteiger partial charge in [0.15, 0.2) is 0 Å². The molecule has 0 bridgehead atoms. The second-order valence-electron chi connectivity index (χ2n) is 7.88. The molecule has 1 saturated heterocycles. The van der Waals surface area contributed by atoms with Gasteiger partial charge in [0.2, 0.25) is 5.91 Å². The Labute approximate surface area is 187 Å². The van der Waals surface area contributed by atoms with Crippen molar-refractivity contribution in [2.75, 3.05) is 13.1 Å². The van der Waals surface area contributed by atoms with E-state index in [1.54, 1.807) is 0 Å². The lowest BCUT2D eigenvalue weighted by Crippen LogP contribution is -2.34. The minimum absolute atomic E-state index is 0. The van der Waals surface area contributed by atoms with Crippen molar-refractivity contribution in [2.45, 2.75) is 45.8 Å². The summed E-state index contributed by atoms with van der Waals surface area (Å²) in [6.07, 6.45) is 2.57. The first-order valence-electron chi connectivity index (χ1n) is 9.91. The van der Waals surface area contributed by atoms with Gasteiger partial charge in [0, 0.05) is 13.1 Å². The van der Waals surface area contributed by atoms with Crippen LogP contribution in [-0.4, -0.2) is 23.9 Å². The third kappa shape index (κ3) is 7.63. The van der Waals surface area contributed by atoms with E-state index in [0.717, 1.165) is 29.2 Å². The smallest absolute Gasteiger partial charge is 0.241 e. The molecule has 1 fully saturated rings. The van der Waals surface area contributed by atoms with Gasteiger partial charge in [-0.2, -0.15) is 0 Å². The SMILES string of the molecule is Cc1ccc(C(N)C(=O)NCc2cccc(CN3CCC(C)CC3)c2)cc1.Cl.Cl. The van der Waals surface area contributed by atoms with Gasteiger partial charge >= 0.3 is 0 Å². The van der Waals surface area contributed by atoms with Crippen LogP contribution in [0.3, 0.4) is 0 Å². The van der Waals surface area contributed by atoms with Gasteiger partial charge in [-0.15, -0.1) is 24.8 Å². The summed E-state index contributed by atoms with van der Waals surface area (Å²) >= 11 is 0. The highest BCUT2D eigenvalue weighted by molar-refractivity contribution is 5.85. The summed E-state index contributed by atoms with van der Waals surface area (Å²) in [7, 11) is 0. The van der Waals surface area contributed by atoms with E-state index >= 15 is 0 Å². The van der Waals surface area contributed by atoms with E-state index in [1.807, 2.05) is 31.2 Å². The number of hydrogen-bond acceptors (Lipinski definition) is 3. The molecule has 1 atom stereocenters. The van der Waals surface area contributed by atoms with Gasteiger partial charge in [-0.25, -0.2) is 0 Å². The predicted molar refractivity (Wildman–Crippen MR) is 125 cm³/mol. The summed E-state index contributed by atoms with van der Waals surface area (Å²) in [5.74, 6) is 0.704. The molecule has 6 heteroatoms. The number of carbonyl (C=O) groups is 1. The summed E-state index contributed by atoms with van der Waals surface area (Å²) in [5, 5.41) is 2.97. The maximum absolute atomic E-state index is 12.4. The van der Waals surface area contributed by atoms with Gasteiger partial charge in [0.1, 0.15) is 6.04 Å². The number of aryl methyl sites for hydroxylation is 1. The van der Waals surface area contributed by atoms with Crippen LogP contribution in [-0.2, 0) is 17.9 Å². The van der Waals surface area contributed by atoms with E-state index in [4.69, 9.17) is 5.73 Å². The number of benzene rings is 2. The minimum atomic E-state index is -0.635. The standard InChI is InChI=1S/C23H31N3O.2ClH/c1-17-6-8-21(9-7-17)22(24)23(27)25-15-19-4-3-5-20(14-19)16-26-12-10-18(2)11-13-26;;/h3-9,14,18,22H,10-13,15-16,24H2,1-2H3,(H,25,27);2*1H. The lowest BCUT2D eigenvalue weighted by Gasteiger charge is -2.30. The van der Waals surface area contributed by atoms with Crippen LogP contribution in [0.1, 0.15) is 48.1 Å². The molecule has 29 heavy (non-hydrogen) atoms. The fraction of sp³-hybridized carbons (Fsp3) is 0.435. The number of halogens is 2. The Morgan fingerprint density at radius 1 is 1.10 bits per heavy atom. The first-order valence-corrected chi connectivity index (χ1v) is 9.91. The molecule has 3 N–H and O–H groups in total. The predicted octanol–water partition coefficient (Wildman–Crippen LogP) is 4.39. The second kappa shape index (κ2) is 12.2. The molecule has 1 heterocycles. The third-order valence-corrected chi connectivity index (χ3v) is 5.46. The molecule has 1 amide bonds. The zero-order valence-electron chi connectivity index (χ0n) is 17.3. The molecule has 0 spiro atoms. The van der Waals surface area contributed by atoms with Crippen LogP contribution in [0.2, 0.25) is 0 Å². The molecular formula is C23H33Cl2N3O. The molecule has 3 rings (SSSR count). The zero-order chi connectivity index (χ0) is 19.2. The van der Waals surface area contributed by atoms with Crippen LogP contribution in [0, 0.1) is 12.8 Å². The summed E-state index contributed by atoms with van der Waals surface area (Å²) in [5.41, 5.74) is 10.5. The summed E-state index contributed by atoms with van der Waals surface area (Å²) < 4.78 is 0. The van der Waals surface area contributed by atoms with Gasteiger partial charge in [-0.3, -0.25) is 9.69 Å². The van der Waals surface area contributed by atoms with E-state index in [2.05, 4.69) is 41.4 Å². The van der Waals surface area contributed by atoms with Gasteiger partial charge in [0.05, 0.1) is 0 Å². The number of hydrogen-bond donors (Lipinski definition) is 2. The minimum Gasteiger partial charge on any atom is -0.350 e. The van der Waals surface area contributed by atoms with Crippen LogP contribution in [0.15, 0.2) is 48.5 Å². The number of carbonyl (C=O) groups excluding carboxylic acids is 1. The molecule has 0 aromatic heterocycles. The number of nitrogens with zero attached hydrogens (tertiary/aromatic N) is 1. The van der Waals surface area contributed by atoms with Crippen molar-refractivity contribution in [1.29, 1.82) is 0 Å². The number of rotatable bonds is 6. The van der Waals surface area contributed by atoms with Crippen LogP contribution in [0.25, 0.3) is 0 Å². The first-order chi connectivity index (χ1) is 13.0. The number of likely N-dealkylation sites (tertiary alicyclic amines) is 1. The van der Waals surface area contributed by atoms with Crippen LogP contribution >= 0.6 is 24.8 Å². The maximum atomic E-state index is 12.4. The summed E-state index contributed by atoms with van der Waals surface area (Å²) in [6, 6.07) is 15.6. The molecule has 2 aromatic carbocycles. The Hall–Kier alpha value is -1.59. The van der Waals surface area contributed by atoms with Crippen LogP contribution in [0.4, 0.5) is 0 Å². The van der Waals surface area contributed by atoms with Crippen LogP contribution in [0.5, 0.6) is 0 Å². The average Bonchev–Trinajstić information content (AvgIpc) is 2.68.